The van der Waals surface area contributed by atoms with Gasteiger partial charge in [0.1, 0.15) is 6.10 Å². The van der Waals surface area contributed by atoms with Crippen molar-refractivity contribution in [2.75, 3.05) is 18.9 Å². The molecule has 0 radical (unpaired) electrons. The lowest BCUT2D eigenvalue weighted by atomic mass is 10.0. The number of nitrogens with one attached hydrogen (secondary N) is 2. The number of hydrogen-bond donors (Lipinski definition) is 3. The molecule has 0 spiro atoms. The first-order valence-corrected chi connectivity index (χ1v) is 8.51. The van der Waals surface area contributed by atoms with Crippen LogP contribution in [-0.2, 0) is 4.74 Å². The van der Waals surface area contributed by atoms with Crippen LogP contribution in [0.2, 0.25) is 0 Å². The molecule has 5 rings (SSSR count). The molecule has 0 aliphatic carbocycles. The molecule has 3 aromatic heterocycles. The summed E-state index contributed by atoms with van der Waals surface area (Å²) in [6.07, 6.45) is 4.70. The lowest BCUT2D eigenvalue weighted by molar-refractivity contribution is -0.0830. The molecule has 1 aromatic carbocycles. The van der Waals surface area contributed by atoms with Gasteiger partial charge in [-0.05, 0) is 24.3 Å². The summed E-state index contributed by atoms with van der Waals surface area (Å²) in [5.41, 5.74) is 10.4. The van der Waals surface area contributed by atoms with Crippen LogP contribution < -0.4 is 10.5 Å². The van der Waals surface area contributed by atoms with Gasteiger partial charge in [0.15, 0.2) is 0 Å². The van der Waals surface area contributed by atoms with Crippen molar-refractivity contribution in [3.05, 3.63) is 42.2 Å². The van der Waals surface area contributed by atoms with Crippen LogP contribution in [0.25, 0.3) is 33.2 Å². The number of ether oxygens (including phenoxy) is 2. The summed E-state index contributed by atoms with van der Waals surface area (Å²) in [4.78, 5) is 16.5. The van der Waals surface area contributed by atoms with Gasteiger partial charge in [0.05, 0.1) is 36.3 Å². The third-order valence-corrected chi connectivity index (χ3v) is 4.64. The summed E-state index contributed by atoms with van der Waals surface area (Å²) in [5.74, 6) is 0. The van der Waals surface area contributed by atoms with E-state index in [0.29, 0.717) is 41.9 Å². The van der Waals surface area contributed by atoms with Gasteiger partial charge in [-0.2, -0.15) is 4.98 Å². The predicted molar refractivity (Wildman–Crippen MR) is 102 cm³/mol. The van der Waals surface area contributed by atoms with Gasteiger partial charge in [-0.1, -0.05) is 0 Å². The minimum absolute atomic E-state index is 0.00225. The lowest BCUT2D eigenvalue weighted by Crippen LogP contribution is -2.39. The van der Waals surface area contributed by atoms with Crippen LogP contribution in [0.15, 0.2) is 36.7 Å². The van der Waals surface area contributed by atoms with Crippen LogP contribution in [0.4, 0.5) is 5.69 Å². The third-order valence-electron chi connectivity index (χ3n) is 4.64. The van der Waals surface area contributed by atoms with E-state index in [-0.39, 0.29) is 6.10 Å². The zero-order valence-electron chi connectivity index (χ0n) is 14.3. The highest BCUT2D eigenvalue weighted by atomic mass is 16.6. The van der Waals surface area contributed by atoms with Gasteiger partial charge < -0.3 is 25.6 Å². The SMILES string of the molecule is N=Cc1c(N)ccc2[nH]c3cnc(-c4ccnc(OC5COC5)n4)cc3c12. The van der Waals surface area contributed by atoms with Crippen LogP contribution in [0, 0.1) is 5.41 Å². The highest BCUT2D eigenvalue weighted by Crippen LogP contribution is 2.32. The molecule has 4 N–H and O–H groups in total. The average molecular weight is 360 g/mol. The zero-order chi connectivity index (χ0) is 18.4. The number of rotatable bonds is 4. The number of fused-ring (bicyclic) bond motifs is 3. The van der Waals surface area contributed by atoms with E-state index in [2.05, 4.69) is 19.9 Å². The number of H-pyrrole nitrogens is 1. The van der Waals surface area contributed by atoms with Crippen molar-refractivity contribution >= 4 is 33.7 Å². The number of benzene rings is 1. The standard InChI is InChI=1S/C19H16N6O2/c20-6-12-13(21)1-2-15-18(12)11-5-16(23-7-17(11)24-15)14-3-4-22-19(25-14)27-10-8-26-9-10/h1-7,10,20,24H,8-9,21H2. The first-order chi connectivity index (χ1) is 13.2. The van der Waals surface area contributed by atoms with Crippen LogP contribution in [-0.4, -0.2) is 45.5 Å². The maximum Gasteiger partial charge on any atom is 0.317 e. The number of aromatic amines is 1. The zero-order valence-corrected chi connectivity index (χ0v) is 14.3. The summed E-state index contributed by atoms with van der Waals surface area (Å²) < 4.78 is 10.8. The Morgan fingerprint density at radius 2 is 2.07 bits per heavy atom. The Morgan fingerprint density at radius 3 is 2.85 bits per heavy atom. The smallest absolute Gasteiger partial charge is 0.317 e. The molecule has 27 heavy (non-hydrogen) atoms. The Bertz CT molecular complexity index is 1180. The summed E-state index contributed by atoms with van der Waals surface area (Å²) in [6, 6.07) is 7.75. The molecule has 4 aromatic rings. The van der Waals surface area contributed by atoms with Crippen LogP contribution in [0.1, 0.15) is 5.56 Å². The highest BCUT2D eigenvalue weighted by molar-refractivity contribution is 6.16. The maximum atomic E-state index is 7.73. The molecule has 1 fully saturated rings. The first kappa shape index (κ1) is 15.7. The Hall–Kier alpha value is -3.52. The second kappa shape index (κ2) is 6.03. The molecule has 8 nitrogen and oxygen atoms in total. The van der Waals surface area contributed by atoms with E-state index in [1.165, 1.54) is 6.21 Å². The van der Waals surface area contributed by atoms with Crippen molar-refractivity contribution < 1.29 is 9.47 Å². The first-order valence-electron chi connectivity index (χ1n) is 8.51. The fourth-order valence-electron chi connectivity index (χ4n) is 3.20. The van der Waals surface area contributed by atoms with Crippen LogP contribution >= 0.6 is 0 Å². The third kappa shape index (κ3) is 2.58. The molecule has 1 aliphatic heterocycles. The monoisotopic (exact) mass is 360 g/mol. The van der Waals surface area contributed by atoms with Crippen molar-refractivity contribution in [1.82, 2.24) is 19.9 Å². The lowest BCUT2D eigenvalue weighted by Gasteiger charge is -2.25. The number of hydrogen-bond acceptors (Lipinski definition) is 7. The number of pyridine rings is 1. The highest BCUT2D eigenvalue weighted by Gasteiger charge is 2.21. The molecule has 0 unspecified atom stereocenters. The van der Waals surface area contributed by atoms with E-state index in [9.17, 15) is 0 Å². The normalized spacial score (nSPS) is 14.4. The minimum atomic E-state index is 0.00225. The molecular formula is C19H16N6O2. The fourth-order valence-corrected chi connectivity index (χ4v) is 3.20. The molecule has 0 amide bonds. The predicted octanol–water partition coefficient (Wildman–Crippen LogP) is 2.53. The molecule has 0 saturated carbocycles. The topological polar surface area (TPSA) is 123 Å². The van der Waals surface area contributed by atoms with E-state index in [1.54, 1.807) is 24.5 Å². The number of anilines is 1. The van der Waals surface area contributed by atoms with Crippen molar-refractivity contribution in [1.29, 1.82) is 5.41 Å². The van der Waals surface area contributed by atoms with Crippen molar-refractivity contribution in [2.24, 2.45) is 0 Å². The van der Waals surface area contributed by atoms with Crippen molar-refractivity contribution in [3.63, 3.8) is 0 Å². The molecule has 0 atom stereocenters. The van der Waals surface area contributed by atoms with Crippen LogP contribution in [0.5, 0.6) is 6.01 Å². The van der Waals surface area contributed by atoms with E-state index < -0.39 is 0 Å². The van der Waals surface area contributed by atoms with Gasteiger partial charge in [-0.3, -0.25) is 4.98 Å². The van der Waals surface area contributed by atoms with Gasteiger partial charge in [0, 0.05) is 40.0 Å². The van der Waals surface area contributed by atoms with Crippen molar-refractivity contribution in [2.45, 2.75) is 6.10 Å². The molecule has 1 aliphatic rings. The van der Waals surface area contributed by atoms with Gasteiger partial charge >= 0.3 is 6.01 Å². The largest absolute Gasteiger partial charge is 0.455 e. The fraction of sp³-hybridized carbons (Fsp3) is 0.158. The summed E-state index contributed by atoms with van der Waals surface area (Å²) >= 11 is 0. The molecule has 1 saturated heterocycles. The summed E-state index contributed by atoms with van der Waals surface area (Å²) in [7, 11) is 0. The second-order valence-electron chi connectivity index (χ2n) is 6.38. The maximum absolute atomic E-state index is 7.73. The Kier molecular flexibility index (Phi) is 3.51. The van der Waals surface area contributed by atoms with Crippen molar-refractivity contribution in [3.8, 4) is 17.4 Å². The van der Waals surface area contributed by atoms with Gasteiger partial charge in [0.2, 0.25) is 0 Å². The number of nitrogen functional groups attached to an aromatic ring is 1. The van der Waals surface area contributed by atoms with E-state index in [4.69, 9.17) is 20.6 Å². The molecule has 4 heterocycles. The Balaban J connectivity index is 1.64. The molecular weight excluding hydrogens is 344 g/mol. The average Bonchev–Trinajstić information content (AvgIpc) is 3.03. The van der Waals surface area contributed by atoms with Gasteiger partial charge in [-0.25, -0.2) is 4.98 Å². The number of nitrogens with two attached hydrogens (primary N) is 1. The van der Waals surface area contributed by atoms with E-state index in [1.807, 2.05) is 12.1 Å². The number of aromatic nitrogens is 4. The number of nitrogens with zero attached hydrogens (tertiary/aromatic N) is 3. The molecule has 134 valence electrons. The minimum Gasteiger partial charge on any atom is -0.455 e. The quantitative estimate of drug-likeness (QED) is 0.380. The Labute approximate surface area is 153 Å². The van der Waals surface area contributed by atoms with E-state index >= 15 is 0 Å². The Morgan fingerprint density at radius 1 is 1.19 bits per heavy atom. The van der Waals surface area contributed by atoms with E-state index in [0.717, 1.165) is 21.8 Å². The molecule has 0 bridgehead atoms. The summed E-state index contributed by atoms with van der Waals surface area (Å²) in [5, 5.41) is 9.58. The summed E-state index contributed by atoms with van der Waals surface area (Å²) in [6.45, 7) is 1.11. The second-order valence-corrected chi connectivity index (χ2v) is 6.38. The van der Waals surface area contributed by atoms with Gasteiger partial charge in [0.25, 0.3) is 0 Å². The van der Waals surface area contributed by atoms with Crippen LogP contribution in [0.3, 0.4) is 0 Å². The molecule has 8 heteroatoms. The van der Waals surface area contributed by atoms with Gasteiger partial charge in [-0.15, -0.1) is 0 Å².